The number of thiazole rings is 1. The molecule has 0 saturated carbocycles. The first-order valence-electron chi connectivity index (χ1n) is 6.33. The van der Waals surface area contributed by atoms with E-state index in [0.29, 0.717) is 4.88 Å². The summed E-state index contributed by atoms with van der Waals surface area (Å²) >= 11 is 1.44. The smallest absolute Gasteiger partial charge is 0.263 e. The van der Waals surface area contributed by atoms with Gasteiger partial charge < -0.3 is 9.73 Å². The Morgan fingerprint density at radius 1 is 1.53 bits per heavy atom. The zero-order chi connectivity index (χ0) is 13.8. The van der Waals surface area contributed by atoms with E-state index in [4.69, 9.17) is 4.42 Å². The van der Waals surface area contributed by atoms with Crippen molar-refractivity contribution in [2.75, 3.05) is 0 Å². The maximum absolute atomic E-state index is 12.1. The van der Waals surface area contributed by atoms with Crippen LogP contribution in [0.2, 0.25) is 0 Å². The molecule has 0 radical (unpaired) electrons. The molecule has 0 aliphatic heterocycles. The number of hydrogen-bond acceptors (Lipinski definition) is 4. The Labute approximate surface area is 116 Å². The van der Waals surface area contributed by atoms with Crippen molar-refractivity contribution >= 4 is 17.2 Å². The summed E-state index contributed by atoms with van der Waals surface area (Å²) in [5, 5.41) is 3.92. The van der Waals surface area contributed by atoms with E-state index in [0.717, 1.165) is 29.3 Å². The molecule has 19 heavy (non-hydrogen) atoms. The molecule has 0 aromatic carbocycles. The zero-order valence-electron chi connectivity index (χ0n) is 11.4. The molecular formula is C14H18N2O2S. The lowest BCUT2D eigenvalue weighted by atomic mass is 10.1. The number of nitrogens with one attached hydrogen (secondary N) is 1. The Morgan fingerprint density at radius 2 is 2.32 bits per heavy atom. The van der Waals surface area contributed by atoms with E-state index in [1.165, 1.54) is 11.3 Å². The number of amides is 1. The largest absolute Gasteiger partial charge is 0.469 e. The van der Waals surface area contributed by atoms with Crippen LogP contribution in [0.4, 0.5) is 0 Å². The second kappa shape index (κ2) is 6.02. The molecule has 0 bridgehead atoms. The van der Waals surface area contributed by atoms with Crippen LogP contribution >= 0.6 is 11.3 Å². The van der Waals surface area contributed by atoms with E-state index in [2.05, 4.69) is 10.3 Å². The number of nitrogens with zero attached hydrogens (tertiary/aromatic N) is 1. The third-order valence-electron chi connectivity index (χ3n) is 2.89. The van der Waals surface area contributed by atoms with Gasteiger partial charge in [0.1, 0.15) is 10.6 Å². The van der Waals surface area contributed by atoms with Gasteiger partial charge in [0, 0.05) is 12.5 Å². The van der Waals surface area contributed by atoms with Crippen molar-refractivity contribution in [1.29, 1.82) is 0 Å². The number of aromatic nitrogens is 1. The van der Waals surface area contributed by atoms with Crippen molar-refractivity contribution in [3.8, 4) is 0 Å². The van der Waals surface area contributed by atoms with Gasteiger partial charge in [0.25, 0.3) is 5.91 Å². The highest BCUT2D eigenvalue weighted by Gasteiger charge is 2.15. The van der Waals surface area contributed by atoms with E-state index in [1.807, 2.05) is 32.9 Å². The molecule has 0 aliphatic carbocycles. The summed E-state index contributed by atoms with van der Waals surface area (Å²) in [6, 6.07) is 3.94. The van der Waals surface area contributed by atoms with Gasteiger partial charge in [-0.15, -0.1) is 11.3 Å². The molecule has 2 aromatic heterocycles. The predicted molar refractivity (Wildman–Crippen MR) is 75.5 cm³/mol. The van der Waals surface area contributed by atoms with Crippen LogP contribution in [0.1, 0.15) is 39.5 Å². The molecule has 102 valence electrons. The first-order valence-corrected chi connectivity index (χ1v) is 7.15. The van der Waals surface area contributed by atoms with Gasteiger partial charge in [0.2, 0.25) is 0 Å². The van der Waals surface area contributed by atoms with Crippen LogP contribution in [0.5, 0.6) is 0 Å². The minimum atomic E-state index is -0.0324. The standard InChI is InChI=1S/C14H18N2O2S/c1-9(6-7-12-5-4-8-18-12)15-14(17)13-10(2)16-11(3)19-13/h4-5,8-9H,6-7H2,1-3H3,(H,15,17)/t9-/m1/s1. The van der Waals surface area contributed by atoms with Crippen LogP contribution in [-0.2, 0) is 6.42 Å². The molecule has 0 fully saturated rings. The lowest BCUT2D eigenvalue weighted by Crippen LogP contribution is -2.32. The third-order valence-corrected chi connectivity index (χ3v) is 3.96. The van der Waals surface area contributed by atoms with Crippen molar-refractivity contribution in [1.82, 2.24) is 10.3 Å². The minimum absolute atomic E-state index is 0.0324. The molecule has 0 unspecified atom stereocenters. The monoisotopic (exact) mass is 278 g/mol. The van der Waals surface area contributed by atoms with Crippen molar-refractivity contribution in [2.45, 2.75) is 39.7 Å². The Hall–Kier alpha value is -1.62. The average molecular weight is 278 g/mol. The van der Waals surface area contributed by atoms with Gasteiger partial charge >= 0.3 is 0 Å². The van der Waals surface area contributed by atoms with Crippen LogP contribution in [-0.4, -0.2) is 16.9 Å². The topological polar surface area (TPSA) is 55.1 Å². The molecule has 2 heterocycles. The summed E-state index contributed by atoms with van der Waals surface area (Å²) in [7, 11) is 0. The number of rotatable bonds is 5. The van der Waals surface area contributed by atoms with Crippen LogP contribution in [0.3, 0.4) is 0 Å². The Kier molecular flexibility index (Phi) is 4.37. The van der Waals surface area contributed by atoms with Gasteiger partial charge in [-0.2, -0.15) is 0 Å². The van der Waals surface area contributed by atoms with Gasteiger partial charge in [-0.05, 0) is 39.3 Å². The van der Waals surface area contributed by atoms with Gasteiger partial charge in [-0.3, -0.25) is 4.79 Å². The maximum Gasteiger partial charge on any atom is 0.263 e. The number of carbonyl (C=O) groups is 1. The SMILES string of the molecule is Cc1nc(C)c(C(=O)N[C@H](C)CCc2ccco2)s1. The minimum Gasteiger partial charge on any atom is -0.469 e. The Morgan fingerprint density at radius 3 is 2.89 bits per heavy atom. The summed E-state index contributed by atoms with van der Waals surface area (Å²) in [5.74, 6) is 0.918. The molecule has 0 aliphatic rings. The Balaban J connectivity index is 1.86. The van der Waals surface area contributed by atoms with Crippen molar-refractivity contribution < 1.29 is 9.21 Å². The van der Waals surface area contributed by atoms with Crippen LogP contribution in [0.15, 0.2) is 22.8 Å². The second-order valence-electron chi connectivity index (χ2n) is 4.64. The lowest BCUT2D eigenvalue weighted by Gasteiger charge is -2.12. The average Bonchev–Trinajstić information content (AvgIpc) is 2.96. The van der Waals surface area contributed by atoms with Gasteiger partial charge in [0.15, 0.2) is 0 Å². The molecule has 0 spiro atoms. The molecule has 1 atom stereocenters. The van der Waals surface area contributed by atoms with Gasteiger partial charge in [0.05, 0.1) is 17.0 Å². The quantitative estimate of drug-likeness (QED) is 0.914. The molecule has 2 rings (SSSR count). The molecule has 5 heteroatoms. The first kappa shape index (κ1) is 13.8. The summed E-state index contributed by atoms with van der Waals surface area (Å²) < 4.78 is 5.28. The van der Waals surface area contributed by atoms with E-state index in [-0.39, 0.29) is 11.9 Å². The van der Waals surface area contributed by atoms with Crippen LogP contribution < -0.4 is 5.32 Å². The molecule has 1 amide bonds. The molecule has 0 saturated heterocycles. The highest BCUT2D eigenvalue weighted by Crippen LogP contribution is 2.17. The number of hydrogen-bond donors (Lipinski definition) is 1. The second-order valence-corrected chi connectivity index (χ2v) is 5.84. The number of furan rings is 1. The highest BCUT2D eigenvalue weighted by molar-refractivity contribution is 7.13. The molecule has 1 N–H and O–H groups in total. The first-order chi connectivity index (χ1) is 9.06. The summed E-state index contributed by atoms with van der Waals surface area (Å²) in [5.41, 5.74) is 0.804. The maximum atomic E-state index is 12.1. The fourth-order valence-corrected chi connectivity index (χ4v) is 2.74. The molecule has 2 aromatic rings. The number of aryl methyl sites for hydroxylation is 3. The number of carbonyl (C=O) groups excluding carboxylic acids is 1. The van der Waals surface area contributed by atoms with Crippen molar-refractivity contribution in [3.05, 3.63) is 39.7 Å². The van der Waals surface area contributed by atoms with Crippen LogP contribution in [0.25, 0.3) is 0 Å². The summed E-state index contributed by atoms with van der Waals surface area (Å²) in [6.07, 6.45) is 3.35. The fraction of sp³-hybridized carbons (Fsp3) is 0.429. The van der Waals surface area contributed by atoms with Crippen molar-refractivity contribution in [3.63, 3.8) is 0 Å². The van der Waals surface area contributed by atoms with Crippen molar-refractivity contribution in [2.24, 2.45) is 0 Å². The third kappa shape index (κ3) is 3.67. The highest BCUT2D eigenvalue weighted by atomic mass is 32.1. The van der Waals surface area contributed by atoms with Gasteiger partial charge in [-0.1, -0.05) is 0 Å². The van der Waals surface area contributed by atoms with E-state index in [9.17, 15) is 4.79 Å². The summed E-state index contributed by atoms with van der Waals surface area (Å²) in [6.45, 7) is 5.78. The van der Waals surface area contributed by atoms with E-state index >= 15 is 0 Å². The zero-order valence-corrected chi connectivity index (χ0v) is 12.2. The van der Waals surface area contributed by atoms with Crippen LogP contribution in [0, 0.1) is 13.8 Å². The molecular weight excluding hydrogens is 260 g/mol. The van der Waals surface area contributed by atoms with E-state index < -0.39 is 0 Å². The van der Waals surface area contributed by atoms with Gasteiger partial charge in [-0.25, -0.2) is 4.98 Å². The Bertz CT molecular complexity index is 546. The molecule has 4 nitrogen and oxygen atoms in total. The lowest BCUT2D eigenvalue weighted by molar-refractivity contribution is 0.0941. The van der Waals surface area contributed by atoms with E-state index in [1.54, 1.807) is 6.26 Å². The predicted octanol–water partition coefficient (Wildman–Crippen LogP) is 3.10. The normalized spacial score (nSPS) is 12.4. The summed E-state index contributed by atoms with van der Waals surface area (Å²) in [4.78, 5) is 17.1. The fourth-order valence-electron chi connectivity index (χ4n) is 1.92.